The standard InChI is InChI=1S/C8H9F3N2O2/c1-14-6-2-5(3-12)7(13-4-6)15-8(9,10)11/h2,4H,3,12H2,1H3. The summed E-state index contributed by atoms with van der Waals surface area (Å²) in [5, 5.41) is 0. The van der Waals surface area contributed by atoms with Crippen LogP contribution in [-0.4, -0.2) is 18.5 Å². The number of aromatic nitrogens is 1. The third kappa shape index (κ3) is 3.28. The number of nitrogens with two attached hydrogens (primary N) is 1. The van der Waals surface area contributed by atoms with Crippen molar-refractivity contribution in [2.75, 3.05) is 7.11 Å². The SMILES string of the molecule is COc1cnc(OC(F)(F)F)c(CN)c1. The normalized spacial score (nSPS) is 11.3. The van der Waals surface area contributed by atoms with Gasteiger partial charge in [-0.3, -0.25) is 0 Å². The summed E-state index contributed by atoms with van der Waals surface area (Å²) in [6.45, 7) is -0.115. The minimum atomic E-state index is -4.77. The Bertz CT molecular complexity index is 341. The highest BCUT2D eigenvalue weighted by atomic mass is 19.4. The zero-order valence-corrected chi connectivity index (χ0v) is 7.84. The number of nitrogens with zero attached hydrogens (tertiary/aromatic N) is 1. The molecule has 84 valence electrons. The summed E-state index contributed by atoms with van der Waals surface area (Å²) in [4.78, 5) is 3.46. The van der Waals surface area contributed by atoms with E-state index in [2.05, 4.69) is 9.72 Å². The molecule has 0 unspecified atom stereocenters. The van der Waals surface area contributed by atoms with E-state index in [1.807, 2.05) is 0 Å². The van der Waals surface area contributed by atoms with E-state index in [4.69, 9.17) is 10.5 Å². The van der Waals surface area contributed by atoms with Crippen molar-refractivity contribution in [2.45, 2.75) is 12.9 Å². The first-order valence-corrected chi connectivity index (χ1v) is 3.95. The van der Waals surface area contributed by atoms with Crippen molar-refractivity contribution in [3.63, 3.8) is 0 Å². The Morgan fingerprint density at radius 3 is 2.60 bits per heavy atom. The van der Waals surface area contributed by atoms with Gasteiger partial charge in [0.2, 0.25) is 5.88 Å². The van der Waals surface area contributed by atoms with Crippen LogP contribution in [0.1, 0.15) is 5.56 Å². The first kappa shape index (κ1) is 11.6. The number of rotatable bonds is 3. The van der Waals surface area contributed by atoms with Crippen molar-refractivity contribution in [3.8, 4) is 11.6 Å². The molecule has 0 bridgehead atoms. The van der Waals surface area contributed by atoms with Crippen molar-refractivity contribution >= 4 is 0 Å². The Balaban J connectivity index is 2.97. The molecule has 15 heavy (non-hydrogen) atoms. The quantitative estimate of drug-likeness (QED) is 0.840. The van der Waals surface area contributed by atoms with Gasteiger partial charge in [0.05, 0.1) is 13.3 Å². The predicted molar refractivity (Wildman–Crippen MR) is 45.4 cm³/mol. The van der Waals surface area contributed by atoms with Crippen LogP contribution in [0.2, 0.25) is 0 Å². The Morgan fingerprint density at radius 2 is 2.13 bits per heavy atom. The fraction of sp³-hybridized carbons (Fsp3) is 0.375. The lowest BCUT2D eigenvalue weighted by molar-refractivity contribution is -0.276. The van der Waals surface area contributed by atoms with Crippen LogP contribution in [0.3, 0.4) is 0 Å². The molecule has 1 heterocycles. The van der Waals surface area contributed by atoms with Crippen molar-refractivity contribution in [2.24, 2.45) is 5.73 Å². The Labute approximate surface area is 83.8 Å². The van der Waals surface area contributed by atoms with Gasteiger partial charge in [0.25, 0.3) is 0 Å². The molecule has 0 saturated carbocycles. The average molecular weight is 222 g/mol. The zero-order valence-electron chi connectivity index (χ0n) is 7.84. The van der Waals surface area contributed by atoms with Gasteiger partial charge >= 0.3 is 6.36 Å². The second-order valence-corrected chi connectivity index (χ2v) is 2.59. The van der Waals surface area contributed by atoms with Gasteiger partial charge in [-0.25, -0.2) is 4.98 Å². The van der Waals surface area contributed by atoms with E-state index in [1.165, 1.54) is 13.2 Å². The van der Waals surface area contributed by atoms with Crippen LogP contribution in [0.15, 0.2) is 12.3 Å². The molecule has 0 aliphatic rings. The van der Waals surface area contributed by atoms with E-state index in [9.17, 15) is 13.2 Å². The van der Waals surface area contributed by atoms with Gasteiger partial charge in [0.1, 0.15) is 5.75 Å². The summed E-state index contributed by atoms with van der Waals surface area (Å²) in [6.07, 6.45) is -3.65. The van der Waals surface area contributed by atoms with E-state index in [0.717, 1.165) is 6.20 Å². The summed E-state index contributed by atoms with van der Waals surface area (Å²) in [6, 6.07) is 1.34. The Morgan fingerprint density at radius 1 is 1.47 bits per heavy atom. The lowest BCUT2D eigenvalue weighted by atomic mass is 10.2. The highest BCUT2D eigenvalue weighted by Gasteiger charge is 2.32. The van der Waals surface area contributed by atoms with Crippen LogP contribution >= 0.6 is 0 Å². The molecular weight excluding hydrogens is 213 g/mol. The van der Waals surface area contributed by atoms with Gasteiger partial charge in [-0.2, -0.15) is 0 Å². The minimum Gasteiger partial charge on any atom is -0.495 e. The average Bonchev–Trinajstić information content (AvgIpc) is 2.16. The molecule has 1 aromatic rings. The number of halogens is 3. The maximum Gasteiger partial charge on any atom is 0.574 e. The van der Waals surface area contributed by atoms with Crippen LogP contribution in [0, 0.1) is 0 Å². The molecule has 0 radical (unpaired) electrons. The van der Waals surface area contributed by atoms with Crippen LogP contribution < -0.4 is 15.2 Å². The maximum atomic E-state index is 11.9. The van der Waals surface area contributed by atoms with Crippen molar-refractivity contribution < 1.29 is 22.6 Å². The molecule has 4 nitrogen and oxygen atoms in total. The van der Waals surface area contributed by atoms with Gasteiger partial charge in [-0.1, -0.05) is 0 Å². The Hall–Kier alpha value is -1.50. The number of alkyl halides is 3. The molecule has 0 aliphatic carbocycles. The zero-order chi connectivity index (χ0) is 11.5. The van der Waals surface area contributed by atoms with Gasteiger partial charge in [-0.05, 0) is 6.07 Å². The molecule has 1 aromatic heterocycles. The van der Waals surface area contributed by atoms with E-state index in [-0.39, 0.29) is 12.1 Å². The Kier molecular flexibility index (Phi) is 3.35. The molecule has 0 amide bonds. The van der Waals surface area contributed by atoms with Crippen LogP contribution in [0.5, 0.6) is 11.6 Å². The van der Waals surface area contributed by atoms with E-state index in [0.29, 0.717) is 5.75 Å². The lowest BCUT2D eigenvalue weighted by Gasteiger charge is -2.11. The second kappa shape index (κ2) is 4.35. The second-order valence-electron chi connectivity index (χ2n) is 2.59. The number of hydrogen-bond donors (Lipinski definition) is 1. The number of pyridine rings is 1. The molecular formula is C8H9F3N2O2. The summed E-state index contributed by atoms with van der Waals surface area (Å²) >= 11 is 0. The van der Waals surface area contributed by atoms with Crippen molar-refractivity contribution in [1.29, 1.82) is 0 Å². The first-order valence-electron chi connectivity index (χ1n) is 3.95. The topological polar surface area (TPSA) is 57.4 Å². The number of hydrogen-bond acceptors (Lipinski definition) is 4. The maximum absolute atomic E-state index is 11.9. The highest BCUT2D eigenvalue weighted by molar-refractivity contribution is 5.33. The highest BCUT2D eigenvalue weighted by Crippen LogP contribution is 2.26. The number of methoxy groups -OCH3 is 1. The van der Waals surface area contributed by atoms with E-state index >= 15 is 0 Å². The lowest BCUT2D eigenvalue weighted by Crippen LogP contribution is -2.19. The van der Waals surface area contributed by atoms with E-state index < -0.39 is 12.2 Å². The first-order chi connectivity index (χ1) is 6.96. The molecule has 0 atom stereocenters. The largest absolute Gasteiger partial charge is 0.574 e. The molecule has 2 N–H and O–H groups in total. The smallest absolute Gasteiger partial charge is 0.495 e. The summed E-state index contributed by atoms with van der Waals surface area (Å²) in [7, 11) is 1.38. The molecule has 7 heteroatoms. The van der Waals surface area contributed by atoms with Gasteiger partial charge in [-0.15, -0.1) is 13.2 Å². The third-order valence-electron chi connectivity index (χ3n) is 1.57. The van der Waals surface area contributed by atoms with Gasteiger partial charge < -0.3 is 15.2 Å². The van der Waals surface area contributed by atoms with E-state index in [1.54, 1.807) is 0 Å². The summed E-state index contributed by atoms with van der Waals surface area (Å²) in [5.74, 6) is -0.226. The molecule has 0 saturated heterocycles. The molecule has 0 fully saturated rings. The minimum absolute atomic E-state index is 0.115. The summed E-state index contributed by atoms with van der Waals surface area (Å²) in [5.41, 5.74) is 5.38. The van der Waals surface area contributed by atoms with Gasteiger partial charge in [0.15, 0.2) is 0 Å². The van der Waals surface area contributed by atoms with Crippen molar-refractivity contribution in [3.05, 3.63) is 17.8 Å². The van der Waals surface area contributed by atoms with Crippen LogP contribution in [0.4, 0.5) is 13.2 Å². The molecule has 1 rings (SSSR count). The van der Waals surface area contributed by atoms with Crippen LogP contribution in [-0.2, 0) is 6.54 Å². The van der Waals surface area contributed by atoms with Gasteiger partial charge in [0, 0.05) is 12.1 Å². The summed E-state index contributed by atoms with van der Waals surface area (Å²) < 4.78 is 44.2. The number of ether oxygens (including phenoxy) is 2. The molecule has 0 spiro atoms. The van der Waals surface area contributed by atoms with Crippen LogP contribution in [0.25, 0.3) is 0 Å². The molecule has 0 aromatic carbocycles. The predicted octanol–water partition coefficient (Wildman–Crippen LogP) is 1.45. The van der Waals surface area contributed by atoms with Crippen molar-refractivity contribution in [1.82, 2.24) is 4.98 Å². The molecule has 0 aliphatic heterocycles. The fourth-order valence-electron chi connectivity index (χ4n) is 0.935. The third-order valence-corrected chi connectivity index (χ3v) is 1.57. The fourth-order valence-corrected chi connectivity index (χ4v) is 0.935. The monoisotopic (exact) mass is 222 g/mol.